The lowest BCUT2D eigenvalue weighted by Crippen LogP contribution is -2.27. The van der Waals surface area contributed by atoms with E-state index < -0.39 is 0 Å². The molecule has 6 heteroatoms. The van der Waals surface area contributed by atoms with Gasteiger partial charge < -0.3 is 15.2 Å². The molecule has 0 atom stereocenters. The number of carbonyl (C=O) groups excluding carboxylic acids is 1. The van der Waals surface area contributed by atoms with E-state index in [1.807, 2.05) is 28.8 Å². The molecule has 0 radical (unpaired) electrons. The van der Waals surface area contributed by atoms with Crippen molar-refractivity contribution in [2.24, 2.45) is 0 Å². The van der Waals surface area contributed by atoms with Gasteiger partial charge in [-0.2, -0.15) is 0 Å². The highest BCUT2D eigenvalue weighted by Gasteiger charge is 2.13. The first kappa shape index (κ1) is 17.9. The summed E-state index contributed by atoms with van der Waals surface area (Å²) in [6.45, 7) is 3.49. The number of imidazole rings is 1. The predicted molar refractivity (Wildman–Crippen MR) is 101 cm³/mol. The Morgan fingerprint density at radius 2 is 1.92 bits per heavy atom. The molecule has 0 spiro atoms. The number of anilines is 1. The van der Waals surface area contributed by atoms with Crippen LogP contribution in [0.1, 0.15) is 25.3 Å². The molecule has 2 N–H and O–H groups in total. The maximum atomic E-state index is 13.0. The number of rotatable bonds is 8. The van der Waals surface area contributed by atoms with Crippen molar-refractivity contribution in [3.63, 3.8) is 0 Å². The second kappa shape index (κ2) is 8.47. The van der Waals surface area contributed by atoms with Crippen LogP contribution < -0.4 is 10.6 Å². The lowest BCUT2D eigenvalue weighted by molar-refractivity contribution is -0.121. The van der Waals surface area contributed by atoms with Crippen molar-refractivity contribution in [2.45, 2.75) is 32.9 Å². The lowest BCUT2D eigenvalue weighted by atomic mass is 10.2. The topological polar surface area (TPSA) is 59.0 Å². The number of nitrogens with zero attached hydrogens (tertiary/aromatic N) is 2. The number of hydrogen-bond acceptors (Lipinski definition) is 3. The fourth-order valence-electron chi connectivity index (χ4n) is 2.75. The van der Waals surface area contributed by atoms with E-state index >= 15 is 0 Å². The van der Waals surface area contributed by atoms with E-state index in [-0.39, 0.29) is 18.3 Å². The second-order valence-corrected chi connectivity index (χ2v) is 6.19. The van der Waals surface area contributed by atoms with Crippen molar-refractivity contribution in [1.29, 1.82) is 0 Å². The Morgan fingerprint density at radius 1 is 1.15 bits per heavy atom. The number of amides is 1. The summed E-state index contributed by atoms with van der Waals surface area (Å²) in [5.74, 6) is 0.306. The molecule has 0 saturated carbocycles. The van der Waals surface area contributed by atoms with Gasteiger partial charge in [-0.15, -0.1) is 0 Å². The Balaban J connectivity index is 1.70. The molecule has 0 aliphatic heterocycles. The average molecular weight is 354 g/mol. The molecular weight excluding hydrogens is 331 g/mol. The fourth-order valence-corrected chi connectivity index (χ4v) is 2.75. The summed E-state index contributed by atoms with van der Waals surface area (Å²) < 4.78 is 14.8. The predicted octanol–water partition coefficient (Wildman–Crippen LogP) is 3.70. The lowest BCUT2D eigenvalue weighted by Gasteiger charge is -2.11. The van der Waals surface area contributed by atoms with Crippen molar-refractivity contribution in [2.75, 3.05) is 11.9 Å². The second-order valence-electron chi connectivity index (χ2n) is 6.19. The monoisotopic (exact) mass is 354 g/mol. The maximum absolute atomic E-state index is 13.0. The van der Waals surface area contributed by atoms with Crippen molar-refractivity contribution in [3.05, 3.63) is 59.9 Å². The van der Waals surface area contributed by atoms with Crippen molar-refractivity contribution in [1.82, 2.24) is 14.9 Å². The highest BCUT2D eigenvalue weighted by atomic mass is 19.1. The summed E-state index contributed by atoms with van der Waals surface area (Å²) in [5.41, 5.74) is 2.64. The molecular formula is C20H23FN4O. The zero-order valence-corrected chi connectivity index (χ0v) is 14.8. The van der Waals surface area contributed by atoms with Gasteiger partial charge >= 0.3 is 0 Å². The molecule has 0 aliphatic rings. The molecule has 5 nitrogen and oxygen atoms in total. The zero-order valence-electron chi connectivity index (χ0n) is 14.8. The summed E-state index contributed by atoms with van der Waals surface area (Å²) in [4.78, 5) is 17.0. The maximum Gasteiger partial charge on any atom is 0.240 e. The molecule has 1 heterocycles. The summed E-state index contributed by atoms with van der Waals surface area (Å²) >= 11 is 0. The summed E-state index contributed by atoms with van der Waals surface area (Å²) in [6, 6.07) is 13.9. The zero-order chi connectivity index (χ0) is 18.4. The van der Waals surface area contributed by atoms with Crippen LogP contribution in [-0.4, -0.2) is 22.0 Å². The number of halogens is 1. The average Bonchev–Trinajstić information content (AvgIpc) is 2.99. The smallest absolute Gasteiger partial charge is 0.240 e. The quantitative estimate of drug-likeness (QED) is 0.607. The van der Waals surface area contributed by atoms with E-state index in [1.54, 1.807) is 12.1 Å². The van der Waals surface area contributed by atoms with Gasteiger partial charge in [-0.25, -0.2) is 9.37 Å². The van der Waals surface area contributed by atoms with Gasteiger partial charge in [-0.05, 0) is 36.2 Å². The molecule has 0 fully saturated rings. The number of aromatic nitrogens is 2. The Bertz CT molecular complexity index is 873. The Morgan fingerprint density at radius 3 is 2.69 bits per heavy atom. The highest BCUT2D eigenvalue weighted by Crippen LogP contribution is 2.19. The summed E-state index contributed by atoms with van der Waals surface area (Å²) in [7, 11) is 0. The van der Waals surface area contributed by atoms with Crippen LogP contribution in [0.4, 0.5) is 10.3 Å². The van der Waals surface area contributed by atoms with Gasteiger partial charge in [-0.3, -0.25) is 4.79 Å². The van der Waals surface area contributed by atoms with Crippen LogP contribution in [0.2, 0.25) is 0 Å². The van der Waals surface area contributed by atoms with Crippen LogP contribution in [0, 0.1) is 5.82 Å². The minimum atomic E-state index is -0.284. The number of hydrogen-bond donors (Lipinski definition) is 2. The van der Waals surface area contributed by atoms with Crippen molar-refractivity contribution in [3.8, 4) is 0 Å². The minimum Gasteiger partial charge on any atom is -0.356 e. The van der Waals surface area contributed by atoms with Crippen LogP contribution in [0.15, 0.2) is 48.5 Å². The molecule has 0 saturated heterocycles. The van der Waals surface area contributed by atoms with Crippen molar-refractivity contribution < 1.29 is 9.18 Å². The van der Waals surface area contributed by atoms with Gasteiger partial charge in [0.25, 0.3) is 0 Å². The number of unbranched alkanes of at least 4 members (excludes halogenated alkanes) is 1. The summed E-state index contributed by atoms with van der Waals surface area (Å²) in [6.07, 6.45) is 2.13. The molecule has 26 heavy (non-hydrogen) atoms. The molecule has 0 aliphatic carbocycles. The van der Waals surface area contributed by atoms with E-state index in [0.717, 1.165) is 36.0 Å². The number of fused-ring (bicyclic) bond motifs is 1. The molecule has 0 unspecified atom stereocenters. The first-order valence-corrected chi connectivity index (χ1v) is 8.87. The van der Waals surface area contributed by atoms with Gasteiger partial charge in [0, 0.05) is 13.1 Å². The van der Waals surface area contributed by atoms with E-state index in [9.17, 15) is 9.18 Å². The number of carbonyl (C=O) groups is 1. The highest BCUT2D eigenvalue weighted by molar-refractivity contribution is 5.83. The number of benzene rings is 2. The standard InChI is InChI=1S/C20H23FN4O/c1-2-3-12-22-20-24-17-6-4-5-7-18(17)25(20)14-19(26)23-13-15-8-10-16(21)11-9-15/h4-11H,2-3,12-14H2,1H3,(H,22,24)(H,23,26). The molecule has 3 aromatic rings. The third kappa shape index (κ3) is 4.39. The molecule has 3 rings (SSSR count). The van der Waals surface area contributed by atoms with Crippen LogP contribution in [0.3, 0.4) is 0 Å². The number of nitrogens with one attached hydrogen (secondary N) is 2. The summed E-state index contributed by atoms with van der Waals surface area (Å²) in [5, 5.41) is 6.20. The Labute approximate surface area is 152 Å². The van der Waals surface area contributed by atoms with Gasteiger partial charge in [-0.1, -0.05) is 37.6 Å². The third-order valence-corrected chi connectivity index (χ3v) is 4.17. The normalized spacial score (nSPS) is 10.8. The number of para-hydroxylation sites is 2. The first-order valence-electron chi connectivity index (χ1n) is 8.87. The van der Waals surface area contributed by atoms with Crippen LogP contribution in [0.25, 0.3) is 11.0 Å². The third-order valence-electron chi connectivity index (χ3n) is 4.17. The largest absolute Gasteiger partial charge is 0.356 e. The van der Waals surface area contributed by atoms with E-state index in [0.29, 0.717) is 12.5 Å². The molecule has 136 valence electrons. The molecule has 0 bridgehead atoms. The Hall–Kier alpha value is -2.89. The van der Waals surface area contributed by atoms with Gasteiger partial charge in [0.15, 0.2) is 0 Å². The van der Waals surface area contributed by atoms with Crippen LogP contribution in [0.5, 0.6) is 0 Å². The minimum absolute atomic E-state index is 0.115. The van der Waals surface area contributed by atoms with Gasteiger partial charge in [0.2, 0.25) is 11.9 Å². The molecule has 1 amide bonds. The van der Waals surface area contributed by atoms with Crippen LogP contribution in [-0.2, 0) is 17.9 Å². The van der Waals surface area contributed by atoms with Crippen LogP contribution >= 0.6 is 0 Å². The fraction of sp³-hybridized carbons (Fsp3) is 0.300. The molecule has 1 aromatic heterocycles. The van der Waals surface area contributed by atoms with Gasteiger partial charge in [0.1, 0.15) is 12.4 Å². The SMILES string of the molecule is CCCCNc1nc2ccccc2n1CC(=O)NCc1ccc(F)cc1. The van der Waals surface area contributed by atoms with Crippen molar-refractivity contribution >= 4 is 22.9 Å². The van der Waals surface area contributed by atoms with E-state index in [2.05, 4.69) is 22.5 Å². The first-order chi connectivity index (χ1) is 12.7. The Kier molecular flexibility index (Phi) is 5.84. The molecule has 2 aromatic carbocycles. The van der Waals surface area contributed by atoms with E-state index in [4.69, 9.17) is 0 Å². The van der Waals surface area contributed by atoms with E-state index in [1.165, 1.54) is 12.1 Å². The van der Waals surface area contributed by atoms with Gasteiger partial charge in [0.05, 0.1) is 11.0 Å².